The number of methoxy groups -OCH3 is 1. The quantitative estimate of drug-likeness (QED) is 0.794. The number of benzene rings is 1. The van der Waals surface area contributed by atoms with Crippen LogP contribution in [0.25, 0.3) is 10.9 Å². The Balaban J connectivity index is 1.78. The number of fused-ring (bicyclic) bond motifs is 5. The zero-order valence-corrected chi connectivity index (χ0v) is 16.6. The van der Waals surface area contributed by atoms with Crippen LogP contribution in [-0.2, 0) is 16.1 Å². The number of nitrogens with zero attached hydrogens (tertiary/aromatic N) is 2. The van der Waals surface area contributed by atoms with Crippen LogP contribution in [0.15, 0.2) is 35.3 Å². The minimum atomic E-state index is -0.361. The Morgan fingerprint density at radius 1 is 1.24 bits per heavy atom. The highest BCUT2D eigenvalue weighted by molar-refractivity contribution is 5.97. The molecule has 1 N–H and O–H groups in total. The normalized spacial score (nSPS) is 24.0. The van der Waals surface area contributed by atoms with Crippen LogP contribution < -0.4 is 5.32 Å². The summed E-state index contributed by atoms with van der Waals surface area (Å²) in [6.07, 6.45) is 11.7. The van der Waals surface area contributed by atoms with Crippen LogP contribution in [-0.4, -0.2) is 35.9 Å². The Bertz CT molecular complexity index is 1040. The summed E-state index contributed by atoms with van der Waals surface area (Å²) in [6, 6.07) is 5.75. The number of ether oxygens (including phenoxy) is 1. The summed E-state index contributed by atoms with van der Waals surface area (Å²) >= 11 is 0. The Morgan fingerprint density at radius 2 is 2.07 bits per heavy atom. The second-order valence-electron chi connectivity index (χ2n) is 8.16. The van der Waals surface area contributed by atoms with Gasteiger partial charge in [0.25, 0.3) is 0 Å². The first-order chi connectivity index (χ1) is 14.2. The van der Waals surface area contributed by atoms with E-state index in [4.69, 9.17) is 4.74 Å². The summed E-state index contributed by atoms with van der Waals surface area (Å²) in [7, 11) is 1.39. The van der Waals surface area contributed by atoms with Crippen LogP contribution >= 0.6 is 0 Å². The minimum Gasteiger partial charge on any atom is -0.465 e. The minimum absolute atomic E-state index is 0.00245. The predicted molar refractivity (Wildman–Crippen MR) is 111 cm³/mol. The van der Waals surface area contributed by atoms with Gasteiger partial charge in [0.05, 0.1) is 18.6 Å². The second kappa shape index (κ2) is 7.17. The van der Waals surface area contributed by atoms with Crippen molar-refractivity contribution in [3.8, 4) is 0 Å². The number of aliphatic imine (C=N–C) groups is 1. The molecule has 3 aliphatic rings. The number of hydrogen-bond acceptors (Lipinski definition) is 4. The molecule has 5 rings (SSSR count). The molecule has 0 bridgehead atoms. The first kappa shape index (κ1) is 18.2. The molecule has 3 heterocycles. The summed E-state index contributed by atoms with van der Waals surface area (Å²) in [5.41, 5.74) is 3.95. The third kappa shape index (κ3) is 2.98. The van der Waals surface area contributed by atoms with Crippen molar-refractivity contribution in [1.29, 1.82) is 0 Å². The van der Waals surface area contributed by atoms with E-state index in [1.54, 1.807) is 6.21 Å². The van der Waals surface area contributed by atoms with Crippen molar-refractivity contribution in [2.45, 2.75) is 56.7 Å². The molecule has 0 saturated heterocycles. The maximum Gasteiger partial charge on any atom is 0.337 e. The van der Waals surface area contributed by atoms with Crippen LogP contribution in [0.3, 0.4) is 0 Å². The lowest BCUT2D eigenvalue weighted by Crippen LogP contribution is -2.37. The molecular weight excluding hydrogens is 366 g/mol. The van der Waals surface area contributed by atoms with E-state index in [0.717, 1.165) is 23.7 Å². The highest BCUT2D eigenvalue weighted by Gasteiger charge is 2.36. The van der Waals surface area contributed by atoms with Gasteiger partial charge >= 0.3 is 5.97 Å². The van der Waals surface area contributed by atoms with Crippen LogP contribution in [0.4, 0.5) is 0 Å². The van der Waals surface area contributed by atoms with Gasteiger partial charge < -0.3 is 14.6 Å². The summed E-state index contributed by atoms with van der Waals surface area (Å²) in [6.45, 7) is 0.236. The largest absolute Gasteiger partial charge is 0.465 e. The van der Waals surface area contributed by atoms with E-state index in [1.807, 2.05) is 24.3 Å². The average Bonchev–Trinajstić information content (AvgIpc) is 2.98. The Morgan fingerprint density at radius 3 is 2.86 bits per heavy atom. The van der Waals surface area contributed by atoms with Gasteiger partial charge in [-0.2, -0.15) is 0 Å². The number of hydrogen-bond donors (Lipinski definition) is 1. The number of esters is 1. The number of carbonyl (C=O) groups is 2. The Hall–Kier alpha value is -2.89. The van der Waals surface area contributed by atoms with Gasteiger partial charge in [-0.25, -0.2) is 4.79 Å². The monoisotopic (exact) mass is 391 g/mol. The van der Waals surface area contributed by atoms with Crippen LogP contribution in [0.1, 0.15) is 65.6 Å². The lowest BCUT2D eigenvalue weighted by molar-refractivity contribution is -0.121. The van der Waals surface area contributed by atoms with E-state index in [2.05, 4.69) is 21.0 Å². The number of amides is 1. The topological polar surface area (TPSA) is 72.7 Å². The van der Waals surface area contributed by atoms with Gasteiger partial charge in [0, 0.05) is 22.8 Å². The van der Waals surface area contributed by atoms with E-state index in [1.165, 1.54) is 37.6 Å². The van der Waals surface area contributed by atoms with Gasteiger partial charge in [0.15, 0.2) is 0 Å². The van der Waals surface area contributed by atoms with Crippen LogP contribution in [0.2, 0.25) is 0 Å². The molecule has 1 saturated carbocycles. The fourth-order valence-electron chi connectivity index (χ4n) is 5.22. The summed E-state index contributed by atoms with van der Waals surface area (Å²) < 4.78 is 7.03. The maximum atomic E-state index is 12.7. The summed E-state index contributed by atoms with van der Waals surface area (Å²) in [4.78, 5) is 29.4. The fraction of sp³-hybridized carbons (Fsp3) is 0.435. The van der Waals surface area contributed by atoms with E-state index in [-0.39, 0.29) is 30.5 Å². The number of rotatable bonds is 2. The summed E-state index contributed by atoms with van der Waals surface area (Å²) in [5, 5.41) is 4.21. The van der Waals surface area contributed by atoms with E-state index >= 15 is 0 Å². The molecule has 2 aromatic rings. The molecule has 2 aliphatic heterocycles. The van der Waals surface area contributed by atoms with Gasteiger partial charge in [-0.1, -0.05) is 31.4 Å². The van der Waals surface area contributed by atoms with Gasteiger partial charge in [-0.15, -0.1) is 0 Å². The predicted octanol–water partition coefficient (Wildman–Crippen LogP) is 3.66. The molecule has 1 amide bonds. The number of allylic oxidation sites excluding steroid dienone is 1. The Kier molecular flexibility index (Phi) is 4.49. The molecule has 1 aromatic heterocycles. The van der Waals surface area contributed by atoms with Gasteiger partial charge in [0.1, 0.15) is 12.7 Å². The SMILES string of the molecule is COC(=O)c1ccc2c(C3CCCCC3)c3n(c2c1)CC(=O)N[C@H]1N=CC=CC31. The zero-order chi connectivity index (χ0) is 20.0. The third-order valence-corrected chi connectivity index (χ3v) is 6.50. The Labute approximate surface area is 169 Å². The molecular formula is C23H25N3O3. The summed E-state index contributed by atoms with van der Waals surface area (Å²) in [5.74, 6) is 0.0542. The van der Waals surface area contributed by atoms with Crippen molar-refractivity contribution in [3.63, 3.8) is 0 Å². The molecule has 150 valence electrons. The molecule has 0 radical (unpaired) electrons. The number of aromatic nitrogens is 1. The molecule has 1 unspecified atom stereocenters. The molecule has 1 aliphatic carbocycles. The number of carbonyl (C=O) groups excluding carboxylic acids is 2. The smallest absolute Gasteiger partial charge is 0.337 e. The molecule has 0 spiro atoms. The van der Waals surface area contributed by atoms with Crippen molar-refractivity contribution < 1.29 is 14.3 Å². The van der Waals surface area contributed by atoms with E-state index < -0.39 is 0 Å². The highest BCUT2D eigenvalue weighted by Crippen LogP contribution is 2.44. The van der Waals surface area contributed by atoms with Crippen molar-refractivity contribution >= 4 is 29.0 Å². The van der Waals surface area contributed by atoms with Crippen molar-refractivity contribution in [2.24, 2.45) is 4.99 Å². The van der Waals surface area contributed by atoms with Gasteiger partial charge in [-0.3, -0.25) is 9.79 Å². The van der Waals surface area contributed by atoms with Crippen molar-refractivity contribution in [1.82, 2.24) is 9.88 Å². The fourth-order valence-corrected chi connectivity index (χ4v) is 5.22. The first-order valence-electron chi connectivity index (χ1n) is 10.4. The molecule has 6 heteroatoms. The van der Waals surface area contributed by atoms with Crippen LogP contribution in [0, 0.1) is 0 Å². The highest BCUT2D eigenvalue weighted by atomic mass is 16.5. The molecule has 2 atom stereocenters. The maximum absolute atomic E-state index is 12.7. The second-order valence-corrected chi connectivity index (χ2v) is 8.16. The van der Waals surface area contributed by atoms with E-state index in [0.29, 0.717) is 11.5 Å². The average molecular weight is 391 g/mol. The first-order valence-corrected chi connectivity index (χ1v) is 10.4. The number of nitrogens with one attached hydrogen (secondary N) is 1. The standard InChI is InChI=1S/C23H25N3O3/c1-29-23(28)15-9-10-16-18(12-15)26-13-19(27)25-22-17(8-5-11-24-22)21(26)20(16)14-6-3-2-4-7-14/h5,8-12,14,17,22H,2-4,6-7,13H2,1H3,(H,25,27)/t17?,22-/m1/s1. The van der Waals surface area contributed by atoms with Crippen molar-refractivity contribution in [3.05, 3.63) is 47.2 Å². The zero-order valence-electron chi connectivity index (χ0n) is 16.6. The molecule has 29 heavy (non-hydrogen) atoms. The molecule has 1 fully saturated rings. The molecule has 6 nitrogen and oxygen atoms in total. The lowest BCUT2D eigenvalue weighted by Gasteiger charge is -2.27. The third-order valence-electron chi connectivity index (χ3n) is 6.50. The number of dihydropyridines is 1. The van der Waals surface area contributed by atoms with Gasteiger partial charge in [0.2, 0.25) is 5.91 Å². The van der Waals surface area contributed by atoms with Gasteiger partial charge in [-0.05, 0) is 42.5 Å². The lowest BCUT2D eigenvalue weighted by atomic mass is 9.80. The van der Waals surface area contributed by atoms with Crippen LogP contribution in [0.5, 0.6) is 0 Å². The van der Waals surface area contributed by atoms with Crippen molar-refractivity contribution in [2.75, 3.05) is 7.11 Å². The van der Waals surface area contributed by atoms with E-state index in [9.17, 15) is 9.59 Å². The molecule has 1 aromatic carbocycles.